The summed E-state index contributed by atoms with van der Waals surface area (Å²) < 4.78 is 2.39. The summed E-state index contributed by atoms with van der Waals surface area (Å²) in [5, 5.41) is 2.54. The number of nitrogens with zero attached hydrogens (tertiary/aromatic N) is 2. The smallest absolute Gasteiger partial charge is 0.0541 e. The van der Waals surface area contributed by atoms with E-state index in [4.69, 9.17) is 12.6 Å². The van der Waals surface area contributed by atoms with E-state index in [0.29, 0.717) is 0 Å². The first-order valence-electron chi connectivity index (χ1n) is 16.0. The van der Waals surface area contributed by atoms with E-state index in [-0.39, 0.29) is 0 Å². The Morgan fingerprint density at radius 2 is 1.38 bits per heavy atom. The first kappa shape index (κ1) is 29.0. The highest BCUT2D eigenvalue weighted by Gasteiger charge is 2.17. The summed E-state index contributed by atoms with van der Waals surface area (Å²) in [4.78, 5) is 3.35. The standard InChI is InChI=1S/C42H38N2S/c1-2-3-10-33-19-27-41-39(29-33)40-30-38(45)26-28-42(40)44(41)37-24-22-36(23-25-37)43(34-13-8-5-9-14-34)35-20-17-32(18-21-35)16-15-31-11-6-4-7-12-31/h4,6-8,11-30,45H,2-3,5,9-10H2,1H3/b16-15+. The van der Waals surface area contributed by atoms with Crippen molar-refractivity contribution in [3.8, 4) is 5.69 Å². The van der Waals surface area contributed by atoms with E-state index in [1.54, 1.807) is 0 Å². The van der Waals surface area contributed by atoms with Crippen LogP contribution in [0.2, 0.25) is 0 Å². The lowest BCUT2D eigenvalue weighted by atomic mass is 10.0. The molecule has 0 aliphatic heterocycles. The molecule has 1 aliphatic carbocycles. The second-order valence-electron chi connectivity index (χ2n) is 11.8. The predicted octanol–water partition coefficient (Wildman–Crippen LogP) is 12.0. The van der Waals surface area contributed by atoms with Crippen molar-refractivity contribution >= 4 is 58.0 Å². The fourth-order valence-corrected chi connectivity index (χ4v) is 6.53. The van der Waals surface area contributed by atoms with Crippen LogP contribution in [0.4, 0.5) is 11.4 Å². The summed E-state index contributed by atoms with van der Waals surface area (Å²) in [6, 6.07) is 41.8. The van der Waals surface area contributed by atoms with Gasteiger partial charge in [-0.25, -0.2) is 0 Å². The normalized spacial score (nSPS) is 13.2. The zero-order chi connectivity index (χ0) is 30.6. The molecule has 222 valence electrons. The minimum Gasteiger partial charge on any atom is -0.311 e. The van der Waals surface area contributed by atoms with E-state index >= 15 is 0 Å². The van der Waals surface area contributed by atoms with Gasteiger partial charge in [0.05, 0.1) is 11.0 Å². The maximum atomic E-state index is 4.69. The molecule has 3 heteroatoms. The monoisotopic (exact) mass is 602 g/mol. The van der Waals surface area contributed by atoms with E-state index in [1.165, 1.54) is 57.0 Å². The maximum absolute atomic E-state index is 4.69. The maximum Gasteiger partial charge on any atom is 0.0541 e. The molecule has 0 spiro atoms. The second-order valence-corrected chi connectivity index (χ2v) is 12.3. The molecule has 2 nitrogen and oxygen atoms in total. The Bertz CT molecular complexity index is 2030. The molecule has 45 heavy (non-hydrogen) atoms. The lowest BCUT2D eigenvalue weighted by Gasteiger charge is -2.28. The van der Waals surface area contributed by atoms with Crippen molar-refractivity contribution in [2.75, 3.05) is 4.90 Å². The van der Waals surface area contributed by atoms with E-state index in [9.17, 15) is 0 Å². The van der Waals surface area contributed by atoms with Crippen LogP contribution >= 0.6 is 12.6 Å². The van der Waals surface area contributed by atoms with Crippen molar-refractivity contribution in [1.29, 1.82) is 0 Å². The minimum atomic E-state index is 0.988. The SMILES string of the molecule is CCCCc1ccc2c(c1)c1cc(S)ccc1n2-c1ccc(N(C2=CCCC=C2)c2ccc(/C=C/c3ccccc3)cc2)cc1. The van der Waals surface area contributed by atoms with Gasteiger partial charge in [0.15, 0.2) is 0 Å². The van der Waals surface area contributed by atoms with Crippen molar-refractivity contribution in [1.82, 2.24) is 4.57 Å². The third-order valence-electron chi connectivity index (χ3n) is 8.65. The van der Waals surface area contributed by atoms with Crippen molar-refractivity contribution in [3.05, 3.63) is 156 Å². The van der Waals surface area contributed by atoms with Gasteiger partial charge in [-0.2, -0.15) is 0 Å². The summed E-state index contributed by atoms with van der Waals surface area (Å²) in [5.74, 6) is 0. The van der Waals surface area contributed by atoms with Gasteiger partial charge in [-0.3, -0.25) is 0 Å². The molecule has 5 aromatic carbocycles. The summed E-state index contributed by atoms with van der Waals surface area (Å²) in [7, 11) is 0. The summed E-state index contributed by atoms with van der Waals surface area (Å²) >= 11 is 4.69. The van der Waals surface area contributed by atoms with Crippen molar-refractivity contribution in [2.24, 2.45) is 0 Å². The number of hydrogen-bond donors (Lipinski definition) is 1. The van der Waals surface area contributed by atoms with Gasteiger partial charge in [0.25, 0.3) is 0 Å². The van der Waals surface area contributed by atoms with E-state index in [2.05, 4.69) is 156 Å². The van der Waals surface area contributed by atoms with E-state index in [0.717, 1.165) is 41.2 Å². The van der Waals surface area contributed by atoms with Crippen molar-refractivity contribution in [2.45, 2.75) is 43.9 Å². The van der Waals surface area contributed by atoms with Crippen LogP contribution in [0.3, 0.4) is 0 Å². The zero-order valence-electron chi connectivity index (χ0n) is 25.7. The molecule has 0 fully saturated rings. The van der Waals surface area contributed by atoms with Gasteiger partial charge in [0.1, 0.15) is 0 Å². The Balaban J connectivity index is 1.25. The molecular formula is C42H38N2S. The van der Waals surface area contributed by atoms with Gasteiger partial charge >= 0.3 is 0 Å². The molecule has 1 heterocycles. The highest BCUT2D eigenvalue weighted by Crippen LogP contribution is 2.37. The van der Waals surface area contributed by atoms with Crippen LogP contribution in [0.15, 0.2) is 144 Å². The fraction of sp³-hybridized carbons (Fsp3) is 0.143. The average Bonchev–Trinajstić information content (AvgIpc) is 3.41. The molecule has 0 atom stereocenters. The van der Waals surface area contributed by atoms with Gasteiger partial charge in [-0.15, -0.1) is 12.6 Å². The van der Waals surface area contributed by atoms with Gasteiger partial charge < -0.3 is 9.47 Å². The number of aryl methyl sites for hydroxylation is 1. The van der Waals surface area contributed by atoms with Crippen LogP contribution < -0.4 is 4.90 Å². The molecule has 0 radical (unpaired) electrons. The van der Waals surface area contributed by atoms with Crippen molar-refractivity contribution < 1.29 is 0 Å². The Labute approximate surface area is 272 Å². The molecule has 0 amide bonds. The summed E-state index contributed by atoms with van der Waals surface area (Å²) in [6.45, 7) is 2.25. The van der Waals surface area contributed by atoms with Gasteiger partial charge in [0, 0.05) is 38.4 Å². The largest absolute Gasteiger partial charge is 0.311 e. The lowest BCUT2D eigenvalue weighted by molar-refractivity contribution is 0.796. The molecule has 7 rings (SSSR count). The Kier molecular flexibility index (Phi) is 8.44. The number of anilines is 2. The predicted molar refractivity (Wildman–Crippen MR) is 197 cm³/mol. The van der Waals surface area contributed by atoms with Gasteiger partial charge in [-0.1, -0.05) is 86.2 Å². The van der Waals surface area contributed by atoms with E-state index in [1.807, 2.05) is 6.07 Å². The number of rotatable bonds is 9. The fourth-order valence-electron chi connectivity index (χ4n) is 6.33. The van der Waals surface area contributed by atoms with Crippen LogP contribution in [0.5, 0.6) is 0 Å². The number of fused-ring (bicyclic) bond motifs is 3. The highest BCUT2D eigenvalue weighted by molar-refractivity contribution is 7.80. The van der Waals surface area contributed by atoms with Crippen LogP contribution in [0, 0.1) is 0 Å². The zero-order valence-corrected chi connectivity index (χ0v) is 26.6. The third-order valence-corrected chi connectivity index (χ3v) is 8.93. The Hall–Kier alpha value is -4.73. The van der Waals surface area contributed by atoms with Crippen LogP contribution in [0.1, 0.15) is 49.3 Å². The van der Waals surface area contributed by atoms with Gasteiger partial charge in [0.2, 0.25) is 0 Å². The number of hydrogen-bond acceptors (Lipinski definition) is 2. The Morgan fingerprint density at radius 1 is 0.711 bits per heavy atom. The first-order valence-corrected chi connectivity index (χ1v) is 16.5. The molecule has 0 bridgehead atoms. The second kappa shape index (κ2) is 13.1. The Morgan fingerprint density at radius 3 is 2.07 bits per heavy atom. The molecule has 0 saturated carbocycles. The summed E-state index contributed by atoms with van der Waals surface area (Å²) in [5.41, 5.74) is 10.9. The molecular weight excluding hydrogens is 565 g/mol. The molecule has 0 N–H and O–H groups in total. The van der Waals surface area contributed by atoms with Gasteiger partial charge in [-0.05, 0) is 115 Å². The number of thiol groups is 1. The van der Waals surface area contributed by atoms with Crippen LogP contribution in [-0.2, 0) is 6.42 Å². The minimum absolute atomic E-state index is 0.988. The average molecular weight is 603 g/mol. The summed E-state index contributed by atoms with van der Waals surface area (Å²) in [6.07, 6.45) is 16.9. The van der Waals surface area contributed by atoms with E-state index < -0.39 is 0 Å². The molecule has 0 unspecified atom stereocenters. The molecule has 1 aliphatic rings. The number of benzene rings is 5. The number of allylic oxidation sites excluding steroid dienone is 3. The highest BCUT2D eigenvalue weighted by atomic mass is 32.1. The topological polar surface area (TPSA) is 8.17 Å². The molecule has 0 saturated heterocycles. The first-order chi connectivity index (χ1) is 22.2. The van der Waals surface area contributed by atoms with Crippen molar-refractivity contribution in [3.63, 3.8) is 0 Å². The van der Waals surface area contributed by atoms with Crippen LogP contribution in [0.25, 0.3) is 39.6 Å². The quantitative estimate of drug-likeness (QED) is 0.128. The third kappa shape index (κ3) is 6.14. The molecule has 6 aromatic rings. The number of aromatic nitrogens is 1. The van der Waals surface area contributed by atoms with Crippen LogP contribution in [-0.4, -0.2) is 4.57 Å². The molecule has 1 aromatic heterocycles. The lowest BCUT2D eigenvalue weighted by Crippen LogP contribution is -2.16. The number of unbranched alkanes of at least 4 members (excludes halogenated alkanes) is 1.